The van der Waals surface area contributed by atoms with Crippen LogP contribution in [-0.4, -0.2) is 4.98 Å². The van der Waals surface area contributed by atoms with Gasteiger partial charge in [0.1, 0.15) is 0 Å². The molecule has 0 aliphatic rings. The van der Waals surface area contributed by atoms with Crippen molar-refractivity contribution in [1.29, 1.82) is 0 Å². The van der Waals surface area contributed by atoms with Crippen LogP contribution in [0.3, 0.4) is 0 Å². The molecule has 0 saturated heterocycles. The number of nitrogens with zero attached hydrogens (tertiary/aromatic N) is 1. The SMILES string of the molecule is Cc1ccc(-c2ccc(C(C)(C)C)cn2)cc1C(C)(C)C. The quantitative estimate of drug-likeness (QED) is 0.658. The van der Waals surface area contributed by atoms with Crippen LogP contribution < -0.4 is 0 Å². The zero-order valence-corrected chi connectivity index (χ0v) is 14.4. The van der Waals surface area contributed by atoms with Gasteiger partial charge in [-0.1, -0.05) is 59.7 Å². The van der Waals surface area contributed by atoms with Crippen LogP contribution in [0.2, 0.25) is 0 Å². The Morgan fingerprint density at radius 1 is 0.810 bits per heavy atom. The Hall–Kier alpha value is -1.63. The van der Waals surface area contributed by atoms with E-state index >= 15 is 0 Å². The zero-order chi connectivity index (χ0) is 15.8. The normalized spacial score (nSPS) is 12.5. The van der Waals surface area contributed by atoms with Crippen molar-refractivity contribution in [2.75, 3.05) is 0 Å². The van der Waals surface area contributed by atoms with Crippen molar-refractivity contribution in [2.45, 2.75) is 59.3 Å². The zero-order valence-electron chi connectivity index (χ0n) is 14.4. The average molecular weight is 281 g/mol. The summed E-state index contributed by atoms with van der Waals surface area (Å²) in [5, 5.41) is 0. The van der Waals surface area contributed by atoms with Gasteiger partial charge in [-0.25, -0.2) is 0 Å². The summed E-state index contributed by atoms with van der Waals surface area (Å²) in [6.07, 6.45) is 2.01. The van der Waals surface area contributed by atoms with E-state index in [9.17, 15) is 0 Å². The molecule has 0 fully saturated rings. The maximum Gasteiger partial charge on any atom is 0.0702 e. The van der Waals surface area contributed by atoms with Gasteiger partial charge >= 0.3 is 0 Å². The van der Waals surface area contributed by atoms with Gasteiger partial charge in [-0.05, 0) is 46.6 Å². The Kier molecular flexibility index (Phi) is 3.97. The second kappa shape index (κ2) is 5.29. The second-order valence-corrected chi connectivity index (χ2v) is 7.96. The highest BCUT2D eigenvalue weighted by atomic mass is 14.7. The first-order valence-corrected chi connectivity index (χ1v) is 7.67. The summed E-state index contributed by atoms with van der Waals surface area (Å²) in [4.78, 5) is 4.67. The third-order valence-electron chi connectivity index (χ3n) is 3.97. The largest absolute Gasteiger partial charge is 0.256 e. The number of aromatic nitrogens is 1. The summed E-state index contributed by atoms with van der Waals surface area (Å²) in [5.41, 5.74) is 6.56. The second-order valence-electron chi connectivity index (χ2n) is 7.96. The predicted octanol–water partition coefficient (Wildman–Crippen LogP) is 5.65. The molecule has 1 aromatic heterocycles. The van der Waals surface area contributed by atoms with Crippen molar-refractivity contribution in [2.24, 2.45) is 0 Å². The first-order chi connectivity index (χ1) is 9.59. The number of benzene rings is 1. The third kappa shape index (κ3) is 3.53. The molecule has 0 atom stereocenters. The van der Waals surface area contributed by atoms with E-state index in [2.05, 4.69) is 83.8 Å². The molecule has 0 amide bonds. The lowest BCUT2D eigenvalue weighted by molar-refractivity contribution is 0.586. The van der Waals surface area contributed by atoms with Crippen LogP contribution in [0.1, 0.15) is 58.2 Å². The Bertz CT molecular complexity index is 622. The highest BCUT2D eigenvalue weighted by Crippen LogP contribution is 2.30. The molecule has 0 N–H and O–H groups in total. The third-order valence-corrected chi connectivity index (χ3v) is 3.97. The Balaban J connectivity index is 2.44. The summed E-state index contributed by atoms with van der Waals surface area (Å²) < 4.78 is 0. The van der Waals surface area contributed by atoms with Gasteiger partial charge in [0.15, 0.2) is 0 Å². The minimum atomic E-state index is 0.148. The van der Waals surface area contributed by atoms with Crippen molar-refractivity contribution in [3.05, 3.63) is 53.2 Å². The van der Waals surface area contributed by atoms with Gasteiger partial charge in [-0.2, -0.15) is 0 Å². The van der Waals surface area contributed by atoms with E-state index in [1.165, 1.54) is 22.3 Å². The minimum Gasteiger partial charge on any atom is -0.256 e. The van der Waals surface area contributed by atoms with E-state index in [0.29, 0.717) is 0 Å². The molecule has 21 heavy (non-hydrogen) atoms. The molecule has 0 radical (unpaired) electrons. The maximum atomic E-state index is 4.67. The predicted molar refractivity (Wildman–Crippen MR) is 91.8 cm³/mol. The molecule has 1 heterocycles. The van der Waals surface area contributed by atoms with E-state index in [4.69, 9.17) is 0 Å². The van der Waals surface area contributed by atoms with Gasteiger partial charge in [0.25, 0.3) is 0 Å². The molecule has 2 rings (SSSR count). The molecule has 0 aliphatic carbocycles. The molecule has 0 saturated carbocycles. The van der Waals surface area contributed by atoms with Gasteiger partial charge in [-0.15, -0.1) is 0 Å². The molecule has 0 unspecified atom stereocenters. The number of rotatable bonds is 1. The van der Waals surface area contributed by atoms with Gasteiger partial charge < -0.3 is 0 Å². The highest BCUT2D eigenvalue weighted by Gasteiger charge is 2.18. The van der Waals surface area contributed by atoms with Gasteiger partial charge in [-0.3, -0.25) is 4.98 Å². The fraction of sp³-hybridized carbons (Fsp3) is 0.450. The molecule has 0 bridgehead atoms. The molecule has 1 heteroatoms. The summed E-state index contributed by atoms with van der Waals surface area (Å²) in [7, 11) is 0. The van der Waals surface area contributed by atoms with Crippen molar-refractivity contribution in [3.8, 4) is 11.3 Å². The molecule has 0 aliphatic heterocycles. The number of hydrogen-bond acceptors (Lipinski definition) is 1. The molecule has 2 aromatic rings. The van der Waals surface area contributed by atoms with Crippen LogP contribution in [0.4, 0.5) is 0 Å². The summed E-state index contributed by atoms with van der Waals surface area (Å²) in [6.45, 7) is 15.6. The van der Waals surface area contributed by atoms with Crippen molar-refractivity contribution in [3.63, 3.8) is 0 Å². The first kappa shape index (κ1) is 15.8. The van der Waals surface area contributed by atoms with Crippen LogP contribution in [0.5, 0.6) is 0 Å². The van der Waals surface area contributed by atoms with Gasteiger partial charge in [0.05, 0.1) is 5.69 Å². The van der Waals surface area contributed by atoms with Crippen LogP contribution in [0.25, 0.3) is 11.3 Å². The fourth-order valence-corrected chi connectivity index (χ4v) is 2.60. The smallest absolute Gasteiger partial charge is 0.0702 e. The average Bonchev–Trinajstić information content (AvgIpc) is 2.37. The van der Waals surface area contributed by atoms with E-state index in [-0.39, 0.29) is 10.8 Å². The summed E-state index contributed by atoms with van der Waals surface area (Å²) in [5.74, 6) is 0. The lowest BCUT2D eigenvalue weighted by atomic mass is 9.83. The van der Waals surface area contributed by atoms with Crippen LogP contribution in [0, 0.1) is 6.92 Å². The maximum absolute atomic E-state index is 4.67. The molecule has 1 aromatic carbocycles. The molecule has 0 spiro atoms. The van der Waals surface area contributed by atoms with Crippen LogP contribution >= 0.6 is 0 Å². The van der Waals surface area contributed by atoms with Crippen molar-refractivity contribution >= 4 is 0 Å². The number of pyridine rings is 1. The summed E-state index contributed by atoms with van der Waals surface area (Å²) in [6, 6.07) is 11.0. The van der Waals surface area contributed by atoms with E-state index in [0.717, 1.165) is 5.69 Å². The van der Waals surface area contributed by atoms with E-state index < -0.39 is 0 Å². The monoisotopic (exact) mass is 281 g/mol. The summed E-state index contributed by atoms with van der Waals surface area (Å²) >= 11 is 0. The van der Waals surface area contributed by atoms with Gasteiger partial charge in [0.2, 0.25) is 0 Å². The van der Waals surface area contributed by atoms with E-state index in [1.807, 2.05) is 6.20 Å². The standard InChI is InChI=1S/C20H27N/c1-14-8-9-15(12-17(14)20(5,6)7)18-11-10-16(13-21-18)19(2,3)4/h8-13H,1-7H3. The Morgan fingerprint density at radius 2 is 1.48 bits per heavy atom. The first-order valence-electron chi connectivity index (χ1n) is 7.67. The number of hydrogen-bond donors (Lipinski definition) is 0. The minimum absolute atomic E-state index is 0.148. The molecule has 112 valence electrons. The van der Waals surface area contributed by atoms with Crippen LogP contribution in [0.15, 0.2) is 36.5 Å². The molecular formula is C20H27N. The van der Waals surface area contributed by atoms with Crippen LogP contribution in [-0.2, 0) is 10.8 Å². The van der Waals surface area contributed by atoms with Crippen molar-refractivity contribution in [1.82, 2.24) is 4.98 Å². The number of aryl methyl sites for hydroxylation is 1. The topological polar surface area (TPSA) is 12.9 Å². The van der Waals surface area contributed by atoms with Crippen molar-refractivity contribution < 1.29 is 0 Å². The lowest BCUT2D eigenvalue weighted by Gasteiger charge is -2.23. The van der Waals surface area contributed by atoms with Gasteiger partial charge in [0, 0.05) is 11.8 Å². The Morgan fingerprint density at radius 3 is 1.95 bits per heavy atom. The Labute approximate surface area is 129 Å². The fourth-order valence-electron chi connectivity index (χ4n) is 2.60. The highest BCUT2D eigenvalue weighted by molar-refractivity contribution is 5.62. The molecule has 1 nitrogen and oxygen atoms in total. The molecular weight excluding hydrogens is 254 g/mol. The van der Waals surface area contributed by atoms with E-state index in [1.54, 1.807) is 0 Å². The lowest BCUT2D eigenvalue weighted by Crippen LogP contribution is -2.13.